The Labute approximate surface area is 148 Å². The van der Waals surface area contributed by atoms with Crippen molar-refractivity contribution in [2.75, 3.05) is 11.4 Å². The largest absolute Gasteiger partial charge is 0.416 e. The molecule has 0 fully saturated rings. The fourth-order valence-corrected chi connectivity index (χ4v) is 3.10. The van der Waals surface area contributed by atoms with Gasteiger partial charge in [-0.2, -0.15) is 13.2 Å². The summed E-state index contributed by atoms with van der Waals surface area (Å²) < 4.78 is 37.7. The van der Waals surface area contributed by atoms with Crippen LogP contribution in [0.1, 0.15) is 28.4 Å². The fraction of sp³-hybridized carbons (Fsp3) is 0.263. The van der Waals surface area contributed by atoms with Crippen molar-refractivity contribution in [1.82, 2.24) is 5.32 Å². The van der Waals surface area contributed by atoms with Gasteiger partial charge in [-0.25, -0.2) is 0 Å². The van der Waals surface area contributed by atoms with Crippen LogP contribution in [0.5, 0.6) is 0 Å². The maximum Gasteiger partial charge on any atom is 0.416 e. The van der Waals surface area contributed by atoms with Crippen molar-refractivity contribution >= 4 is 17.5 Å². The summed E-state index contributed by atoms with van der Waals surface area (Å²) in [5.74, 6) is -0.852. The Morgan fingerprint density at radius 3 is 2.42 bits per heavy atom. The Kier molecular flexibility index (Phi) is 4.71. The number of nitrogens with one attached hydrogen (secondary N) is 1. The van der Waals surface area contributed by atoms with E-state index < -0.39 is 17.6 Å². The number of anilines is 1. The molecular weight excluding hydrogens is 345 g/mol. The number of para-hydroxylation sites is 1. The molecular formula is C19H17F3N2O2. The predicted octanol–water partition coefficient (Wildman–Crippen LogP) is 3.41. The molecule has 3 rings (SSSR count). The first-order valence-electron chi connectivity index (χ1n) is 8.13. The number of alkyl halides is 3. The van der Waals surface area contributed by atoms with E-state index in [1.165, 1.54) is 0 Å². The Morgan fingerprint density at radius 1 is 1.12 bits per heavy atom. The van der Waals surface area contributed by atoms with Crippen LogP contribution < -0.4 is 10.2 Å². The van der Waals surface area contributed by atoms with Gasteiger partial charge in [-0.3, -0.25) is 9.59 Å². The average Bonchev–Trinajstić information content (AvgIpc) is 2.94. The molecule has 7 heteroatoms. The molecule has 0 radical (unpaired) electrons. The summed E-state index contributed by atoms with van der Waals surface area (Å²) in [6.45, 7) is 1.70. The molecule has 136 valence electrons. The van der Waals surface area contributed by atoms with Gasteiger partial charge in [-0.1, -0.05) is 18.2 Å². The third kappa shape index (κ3) is 3.56. The van der Waals surface area contributed by atoms with Gasteiger partial charge in [0.1, 0.15) is 0 Å². The topological polar surface area (TPSA) is 49.4 Å². The molecule has 0 saturated carbocycles. The summed E-state index contributed by atoms with van der Waals surface area (Å²) in [4.78, 5) is 26.2. The second kappa shape index (κ2) is 6.82. The number of rotatable bonds is 3. The molecule has 1 heterocycles. The number of halogens is 3. The molecule has 0 bridgehead atoms. The van der Waals surface area contributed by atoms with Gasteiger partial charge in [0.2, 0.25) is 5.91 Å². The lowest BCUT2D eigenvalue weighted by Crippen LogP contribution is -2.43. The molecule has 1 aliphatic heterocycles. The molecule has 0 aromatic heterocycles. The Morgan fingerprint density at radius 2 is 1.77 bits per heavy atom. The summed E-state index contributed by atoms with van der Waals surface area (Å²) in [7, 11) is 0. The lowest BCUT2D eigenvalue weighted by molar-refractivity contribution is -0.137. The van der Waals surface area contributed by atoms with Crippen LogP contribution in [0.15, 0.2) is 48.5 Å². The van der Waals surface area contributed by atoms with Crippen LogP contribution >= 0.6 is 0 Å². The number of hydrogen-bond acceptors (Lipinski definition) is 2. The second-order valence-electron chi connectivity index (χ2n) is 6.20. The lowest BCUT2D eigenvalue weighted by atomic mass is 10.1. The maximum absolute atomic E-state index is 12.6. The van der Waals surface area contributed by atoms with Crippen LogP contribution in [0.3, 0.4) is 0 Å². The summed E-state index contributed by atoms with van der Waals surface area (Å²) in [5, 5.41) is 2.47. The van der Waals surface area contributed by atoms with Gasteiger partial charge in [-0.05, 0) is 49.2 Å². The van der Waals surface area contributed by atoms with Crippen molar-refractivity contribution in [2.24, 2.45) is 0 Å². The van der Waals surface area contributed by atoms with Gasteiger partial charge in [0, 0.05) is 17.3 Å². The molecule has 1 unspecified atom stereocenters. The minimum Gasteiger partial charge on any atom is -0.343 e. The zero-order valence-corrected chi connectivity index (χ0v) is 14.0. The lowest BCUT2D eigenvalue weighted by Gasteiger charge is -2.23. The maximum atomic E-state index is 12.6. The van der Waals surface area contributed by atoms with Crippen molar-refractivity contribution in [3.8, 4) is 0 Å². The highest BCUT2D eigenvalue weighted by Gasteiger charge is 2.31. The molecule has 1 aliphatic rings. The van der Waals surface area contributed by atoms with Crippen LogP contribution in [0.4, 0.5) is 18.9 Å². The number of carbonyl (C=O) groups excluding carboxylic acids is 2. The Hall–Kier alpha value is -2.83. The van der Waals surface area contributed by atoms with E-state index in [9.17, 15) is 22.8 Å². The molecule has 4 nitrogen and oxygen atoms in total. The number of fused-ring (bicyclic) bond motifs is 1. The van der Waals surface area contributed by atoms with E-state index in [1.807, 2.05) is 31.2 Å². The van der Waals surface area contributed by atoms with E-state index in [1.54, 1.807) is 4.90 Å². The van der Waals surface area contributed by atoms with E-state index in [0.29, 0.717) is 0 Å². The normalized spacial score (nSPS) is 16.3. The molecule has 1 N–H and O–H groups in total. The van der Waals surface area contributed by atoms with Gasteiger partial charge in [0.05, 0.1) is 12.1 Å². The van der Waals surface area contributed by atoms with Crippen molar-refractivity contribution < 1.29 is 22.8 Å². The Bertz CT molecular complexity index is 831. The predicted molar refractivity (Wildman–Crippen MR) is 90.9 cm³/mol. The number of hydrogen-bond donors (Lipinski definition) is 1. The third-order valence-electron chi connectivity index (χ3n) is 4.35. The number of carbonyl (C=O) groups is 2. The van der Waals surface area contributed by atoms with E-state index in [-0.39, 0.29) is 24.1 Å². The molecule has 2 amide bonds. The number of amides is 2. The highest BCUT2D eigenvalue weighted by molar-refractivity contribution is 6.01. The van der Waals surface area contributed by atoms with Crippen LogP contribution in [-0.4, -0.2) is 24.4 Å². The van der Waals surface area contributed by atoms with E-state index >= 15 is 0 Å². The van der Waals surface area contributed by atoms with Crippen LogP contribution in [0, 0.1) is 0 Å². The van der Waals surface area contributed by atoms with Crippen LogP contribution in [-0.2, 0) is 17.4 Å². The van der Waals surface area contributed by atoms with E-state index in [2.05, 4.69) is 5.32 Å². The minimum absolute atomic E-state index is 0.0112. The van der Waals surface area contributed by atoms with Crippen LogP contribution in [0.2, 0.25) is 0 Å². The smallest absolute Gasteiger partial charge is 0.343 e. The first kappa shape index (κ1) is 18.0. The van der Waals surface area contributed by atoms with Crippen molar-refractivity contribution in [2.45, 2.75) is 25.6 Å². The highest BCUT2D eigenvalue weighted by Crippen LogP contribution is 2.31. The fourth-order valence-electron chi connectivity index (χ4n) is 3.10. The van der Waals surface area contributed by atoms with Gasteiger partial charge >= 0.3 is 6.18 Å². The third-order valence-corrected chi connectivity index (χ3v) is 4.35. The van der Waals surface area contributed by atoms with E-state index in [0.717, 1.165) is 41.9 Å². The van der Waals surface area contributed by atoms with Crippen molar-refractivity contribution in [1.29, 1.82) is 0 Å². The molecule has 26 heavy (non-hydrogen) atoms. The molecule has 0 spiro atoms. The molecule has 2 aromatic carbocycles. The summed E-state index contributed by atoms with van der Waals surface area (Å²) in [5.41, 5.74) is 1.14. The summed E-state index contributed by atoms with van der Waals surface area (Å²) in [6, 6.07) is 11.4. The molecule has 2 aromatic rings. The number of nitrogens with zero attached hydrogens (tertiary/aromatic N) is 1. The van der Waals surface area contributed by atoms with Crippen molar-refractivity contribution in [3.63, 3.8) is 0 Å². The molecule has 0 saturated heterocycles. The van der Waals surface area contributed by atoms with Gasteiger partial charge in [-0.15, -0.1) is 0 Å². The standard InChI is InChI=1S/C19H17F3N2O2/c1-12-10-14-4-2-3-5-16(14)24(12)17(25)11-23-18(26)13-6-8-15(9-7-13)19(20,21)22/h2-9,12H,10-11H2,1H3,(H,23,26). The zero-order valence-electron chi connectivity index (χ0n) is 14.0. The highest BCUT2D eigenvalue weighted by atomic mass is 19.4. The summed E-state index contributed by atoms with van der Waals surface area (Å²) >= 11 is 0. The van der Waals surface area contributed by atoms with Gasteiger partial charge in [0.25, 0.3) is 5.91 Å². The average molecular weight is 362 g/mol. The molecule has 1 atom stereocenters. The van der Waals surface area contributed by atoms with Gasteiger partial charge < -0.3 is 10.2 Å². The SMILES string of the molecule is CC1Cc2ccccc2N1C(=O)CNC(=O)c1ccc(C(F)(F)F)cc1. The van der Waals surface area contributed by atoms with Crippen molar-refractivity contribution in [3.05, 3.63) is 65.2 Å². The Balaban J connectivity index is 1.64. The monoisotopic (exact) mass is 362 g/mol. The molecule has 0 aliphatic carbocycles. The number of benzene rings is 2. The van der Waals surface area contributed by atoms with E-state index in [4.69, 9.17) is 0 Å². The second-order valence-corrected chi connectivity index (χ2v) is 6.20. The van der Waals surface area contributed by atoms with Gasteiger partial charge in [0.15, 0.2) is 0 Å². The first-order chi connectivity index (χ1) is 12.3. The van der Waals surface area contributed by atoms with Crippen LogP contribution in [0.25, 0.3) is 0 Å². The minimum atomic E-state index is -4.45. The summed E-state index contributed by atoms with van der Waals surface area (Å²) in [6.07, 6.45) is -3.71. The first-order valence-corrected chi connectivity index (χ1v) is 8.13. The quantitative estimate of drug-likeness (QED) is 0.910. The zero-order chi connectivity index (χ0) is 18.9.